The summed E-state index contributed by atoms with van der Waals surface area (Å²) in [5.74, 6) is 1.60. The van der Waals surface area contributed by atoms with Crippen LogP contribution in [0.4, 0.5) is 0 Å². The van der Waals surface area contributed by atoms with Crippen molar-refractivity contribution in [3.63, 3.8) is 0 Å². The van der Waals surface area contributed by atoms with Crippen LogP contribution in [0.2, 0.25) is 0 Å². The minimum Gasteiger partial charge on any atom is -0.501 e. The lowest BCUT2D eigenvalue weighted by Crippen LogP contribution is -2.21. The Morgan fingerprint density at radius 1 is 1.19 bits per heavy atom. The van der Waals surface area contributed by atoms with Gasteiger partial charge >= 0.3 is 0 Å². The van der Waals surface area contributed by atoms with Crippen LogP contribution in [0.25, 0.3) is 0 Å². The van der Waals surface area contributed by atoms with Crippen molar-refractivity contribution in [3.05, 3.63) is 35.6 Å². The number of hydrogen-bond acceptors (Lipinski definition) is 4. The molecule has 4 nitrogen and oxygen atoms in total. The van der Waals surface area contributed by atoms with Gasteiger partial charge in [0.25, 0.3) is 0 Å². The second kappa shape index (κ2) is 7.93. The van der Waals surface area contributed by atoms with Crippen molar-refractivity contribution < 1.29 is 14.2 Å². The van der Waals surface area contributed by atoms with Crippen molar-refractivity contribution in [2.45, 2.75) is 32.7 Å². The first-order valence-electron chi connectivity index (χ1n) is 7.67. The van der Waals surface area contributed by atoms with Gasteiger partial charge in [-0.3, -0.25) is 0 Å². The minimum atomic E-state index is 0.153. The molecule has 1 aromatic rings. The summed E-state index contributed by atoms with van der Waals surface area (Å²) in [6, 6.07) is 6.29. The van der Waals surface area contributed by atoms with Gasteiger partial charge in [0.15, 0.2) is 11.5 Å². The first-order chi connectivity index (χ1) is 10.3. The van der Waals surface area contributed by atoms with Gasteiger partial charge in [-0.2, -0.15) is 0 Å². The molecular formula is C17H25NO3. The largest absolute Gasteiger partial charge is 0.501 e. The van der Waals surface area contributed by atoms with E-state index in [1.54, 1.807) is 0 Å². The van der Waals surface area contributed by atoms with Crippen LogP contribution >= 0.6 is 0 Å². The van der Waals surface area contributed by atoms with Crippen molar-refractivity contribution in [2.24, 2.45) is 0 Å². The minimum absolute atomic E-state index is 0.153. The van der Waals surface area contributed by atoms with Gasteiger partial charge in [0.05, 0.1) is 32.1 Å². The van der Waals surface area contributed by atoms with Crippen molar-refractivity contribution in [2.75, 3.05) is 26.9 Å². The van der Waals surface area contributed by atoms with E-state index in [0.29, 0.717) is 13.2 Å². The molecule has 0 saturated heterocycles. The Hall–Kier alpha value is -1.68. The fourth-order valence-corrected chi connectivity index (χ4v) is 2.61. The number of nitrogens with one attached hydrogen (secondary N) is 1. The Morgan fingerprint density at radius 2 is 1.95 bits per heavy atom. The van der Waals surface area contributed by atoms with E-state index in [0.717, 1.165) is 30.9 Å². The van der Waals surface area contributed by atoms with E-state index in [9.17, 15) is 0 Å². The monoisotopic (exact) mass is 291 g/mol. The molecule has 1 N–H and O–H groups in total. The average Bonchev–Trinajstić information content (AvgIpc) is 2.52. The van der Waals surface area contributed by atoms with Gasteiger partial charge in [0.1, 0.15) is 0 Å². The zero-order chi connectivity index (χ0) is 15.1. The average molecular weight is 291 g/mol. The lowest BCUT2D eigenvalue weighted by molar-refractivity contribution is 0.220. The fraction of sp³-hybridized carbons (Fsp3) is 0.529. The van der Waals surface area contributed by atoms with Crippen molar-refractivity contribution in [1.82, 2.24) is 5.32 Å². The molecule has 0 spiro atoms. The quantitative estimate of drug-likeness (QED) is 0.835. The first-order valence-corrected chi connectivity index (χ1v) is 7.67. The lowest BCUT2D eigenvalue weighted by atomic mass is 9.95. The molecule has 1 aromatic carbocycles. The van der Waals surface area contributed by atoms with Crippen LogP contribution in [0.5, 0.6) is 11.5 Å². The molecule has 0 aliphatic carbocycles. The number of ether oxygens (including phenoxy) is 3. The second-order valence-electron chi connectivity index (χ2n) is 4.96. The SMILES string of the molecule is CCOc1ccc(C(NC)C2=COCCC2)cc1OCC. The maximum Gasteiger partial charge on any atom is 0.161 e. The van der Waals surface area contributed by atoms with Crippen LogP contribution in [0, 0.1) is 0 Å². The van der Waals surface area contributed by atoms with Gasteiger partial charge in [0, 0.05) is 0 Å². The maximum atomic E-state index is 5.71. The Balaban J connectivity index is 2.28. The molecule has 0 aromatic heterocycles. The summed E-state index contributed by atoms with van der Waals surface area (Å²) in [7, 11) is 1.97. The number of rotatable bonds is 7. The van der Waals surface area contributed by atoms with Gasteiger partial charge in [-0.1, -0.05) is 6.07 Å². The predicted octanol–water partition coefficient (Wildman–Crippen LogP) is 3.44. The van der Waals surface area contributed by atoms with Crippen LogP contribution in [0.15, 0.2) is 30.0 Å². The molecule has 1 atom stereocenters. The third-order valence-electron chi connectivity index (χ3n) is 3.52. The summed E-state index contributed by atoms with van der Waals surface area (Å²) in [6.45, 7) is 6.03. The lowest BCUT2D eigenvalue weighted by Gasteiger charge is -2.24. The summed E-state index contributed by atoms with van der Waals surface area (Å²) in [5.41, 5.74) is 2.44. The van der Waals surface area contributed by atoms with E-state index >= 15 is 0 Å². The molecule has 1 aliphatic rings. The smallest absolute Gasteiger partial charge is 0.161 e. The van der Waals surface area contributed by atoms with Crippen LogP contribution in [-0.4, -0.2) is 26.9 Å². The molecule has 0 saturated carbocycles. The molecule has 0 amide bonds. The molecule has 21 heavy (non-hydrogen) atoms. The summed E-state index contributed by atoms with van der Waals surface area (Å²) < 4.78 is 16.8. The molecule has 1 unspecified atom stereocenters. The van der Waals surface area contributed by atoms with Gasteiger partial charge in [0.2, 0.25) is 0 Å². The Morgan fingerprint density at radius 3 is 2.57 bits per heavy atom. The summed E-state index contributed by atoms with van der Waals surface area (Å²) >= 11 is 0. The predicted molar refractivity (Wildman–Crippen MR) is 83.8 cm³/mol. The Labute approximate surface area is 127 Å². The molecule has 1 heterocycles. The van der Waals surface area contributed by atoms with E-state index in [2.05, 4.69) is 17.4 Å². The Kier molecular flexibility index (Phi) is 5.93. The third-order valence-corrected chi connectivity index (χ3v) is 3.52. The summed E-state index contributed by atoms with van der Waals surface area (Å²) in [4.78, 5) is 0. The Bertz CT molecular complexity index is 485. The molecule has 116 valence electrons. The standard InChI is InChI=1S/C17H25NO3/c1-4-20-15-9-8-13(11-16(15)21-5-2)17(18-3)14-7-6-10-19-12-14/h8-9,11-12,17-18H,4-7,10H2,1-3H3. The zero-order valence-corrected chi connectivity index (χ0v) is 13.1. The fourth-order valence-electron chi connectivity index (χ4n) is 2.61. The van der Waals surface area contributed by atoms with Crippen molar-refractivity contribution in [3.8, 4) is 11.5 Å². The van der Waals surface area contributed by atoms with Gasteiger partial charge < -0.3 is 19.5 Å². The molecular weight excluding hydrogens is 266 g/mol. The topological polar surface area (TPSA) is 39.7 Å². The summed E-state index contributed by atoms with van der Waals surface area (Å²) in [5, 5.41) is 3.36. The first kappa shape index (κ1) is 15.7. The van der Waals surface area contributed by atoms with Gasteiger partial charge in [-0.25, -0.2) is 0 Å². The van der Waals surface area contributed by atoms with Gasteiger partial charge in [-0.15, -0.1) is 0 Å². The molecule has 2 rings (SSSR count). The normalized spacial score (nSPS) is 15.9. The van der Waals surface area contributed by atoms with Crippen molar-refractivity contribution in [1.29, 1.82) is 0 Å². The highest BCUT2D eigenvalue weighted by atomic mass is 16.5. The zero-order valence-electron chi connectivity index (χ0n) is 13.1. The molecule has 0 fully saturated rings. The van der Waals surface area contributed by atoms with Crippen LogP contribution in [-0.2, 0) is 4.74 Å². The molecule has 0 bridgehead atoms. The van der Waals surface area contributed by atoms with E-state index in [1.165, 1.54) is 11.1 Å². The summed E-state index contributed by atoms with van der Waals surface area (Å²) in [6.07, 6.45) is 4.02. The van der Waals surface area contributed by atoms with Crippen LogP contribution in [0.3, 0.4) is 0 Å². The van der Waals surface area contributed by atoms with E-state index in [4.69, 9.17) is 14.2 Å². The second-order valence-corrected chi connectivity index (χ2v) is 4.96. The van der Waals surface area contributed by atoms with Crippen LogP contribution in [0.1, 0.15) is 38.3 Å². The van der Waals surface area contributed by atoms with E-state index < -0.39 is 0 Å². The van der Waals surface area contributed by atoms with E-state index in [-0.39, 0.29) is 6.04 Å². The van der Waals surface area contributed by atoms with Gasteiger partial charge in [-0.05, 0) is 57.0 Å². The molecule has 1 aliphatic heterocycles. The molecule has 0 radical (unpaired) electrons. The highest BCUT2D eigenvalue weighted by Crippen LogP contribution is 2.34. The van der Waals surface area contributed by atoms with E-state index in [1.807, 2.05) is 33.2 Å². The molecule has 4 heteroatoms. The highest BCUT2D eigenvalue weighted by Gasteiger charge is 2.19. The maximum absolute atomic E-state index is 5.71. The van der Waals surface area contributed by atoms with Crippen molar-refractivity contribution >= 4 is 0 Å². The third kappa shape index (κ3) is 3.91. The highest BCUT2D eigenvalue weighted by molar-refractivity contribution is 5.45. The number of likely N-dealkylation sites (N-methyl/N-ethyl adjacent to an activating group) is 1. The van der Waals surface area contributed by atoms with Crippen LogP contribution < -0.4 is 14.8 Å². The number of hydrogen-bond donors (Lipinski definition) is 1. The number of benzene rings is 1.